The second kappa shape index (κ2) is 13.2. The Morgan fingerprint density at radius 1 is 0.950 bits per heavy atom. The molecule has 0 radical (unpaired) electrons. The molecule has 0 saturated carbocycles. The fourth-order valence-electron chi connectivity index (χ4n) is 4.19. The average Bonchev–Trinajstić information content (AvgIpc) is 2.91. The minimum Gasteiger partial charge on any atom is -0.497 e. The highest BCUT2D eigenvalue weighted by Gasteiger charge is 2.35. The summed E-state index contributed by atoms with van der Waals surface area (Å²) in [5, 5.41) is 3.13. The van der Waals surface area contributed by atoms with Crippen molar-refractivity contribution >= 4 is 39.1 Å². The number of hydrogen-bond acceptors (Lipinski definition) is 5. The summed E-state index contributed by atoms with van der Waals surface area (Å²) < 4.78 is 33.9. The lowest BCUT2D eigenvalue weighted by atomic mass is 10.1. The van der Waals surface area contributed by atoms with Crippen molar-refractivity contribution < 1.29 is 22.7 Å². The predicted molar refractivity (Wildman–Crippen MR) is 158 cm³/mol. The minimum atomic E-state index is -4.18. The van der Waals surface area contributed by atoms with Crippen LogP contribution in [0.3, 0.4) is 0 Å². The largest absolute Gasteiger partial charge is 0.497 e. The Bertz CT molecular complexity index is 1410. The normalized spacial score (nSPS) is 12.3. The minimum absolute atomic E-state index is 0.0157. The maximum absolute atomic E-state index is 14.1. The van der Waals surface area contributed by atoms with Crippen LogP contribution < -0.4 is 14.4 Å². The third-order valence-corrected chi connectivity index (χ3v) is 8.22. The first kappa shape index (κ1) is 31.0. The highest BCUT2D eigenvalue weighted by Crippen LogP contribution is 2.31. The molecule has 0 aliphatic heterocycles. The van der Waals surface area contributed by atoms with E-state index in [1.54, 1.807) is 73.8 Å². The van der Waals surface area contributed by atoms with Crippen molar-refractivity contribution in [1.29, 1.82) is 0 Å². The van der Waals surface area contributed by atoms with Crippen LogP contribution in [0.1, 0.15) is 39.7 Å². The SMILES string of the molecule is CC[C@H](C(=O)NC(C)(C)C)N(Cc1ccc(OC)cc1)C(=O)CN(c1ccccc1Cl)S(=O)(=O)c1ccccc1. The van der Waals surface area contributed by atoms with E-state index in [-0.39, 0.29) is 28.1 Å². The number of carbonyl (C=O) groups excluding carboxylic acids is 2. The molecule has 3 aromatic rings. The van der Waals surface area contributed by atoms with E-state index in [4.69, 9.17) is 16.3 Å². The van der Waals surface area contributed by atoms with Gasteiger partial charge in [0.1, 0.15) is 18.3 Å². The van der Waals surface area contributed by atoms with Crippen LogP contribution in [0.2, 0.25) is 5.02 Å². The molecule has 0 heterocycles. The smallest absolute Gasteiger partial charge is 0.264 e. The van der Waals surface area contributed by atoms with Crippen LogP contribution in [0.25, 0.3) is 0 Å². The molecule has 0 bridgehead atoms. The zero-order chi connectivity index (χ0) is 29.5. The monoisotopic (exact) mass is 585 g/mol. The molecule has 214 valence electrons. The van der Waals surface area contributed by atoms with Crippen LogP contribution in [-0.4, -0.2) is 50.4 Å². The molecule has 0 aliphatic carbocycles. The molecule has 0 saturated heterocycles. The third kappa shape index (κ3) is 7.76. The molecule has 1 atom stereocenters. The summed E-state index contributed by atoms with van der Waals surface area (Å²) in [5.74, 6) is -0.226. The quantitative estimate of drug-likeness (QED) is 0.331. The molecule has 0 unspecified atom stereocenters. The summed E-state index contributed by atoms with van der Waals surface area (Å²) >= 11 is 6.44. The molecule has 3 rings (SSSR count). The van der Waals surface area contributed by atoms with E-state index in [2.05, 4.69) is 5.32 Å². The Labute approximate surface area is 241 Å². The number of ether oxygens (including phenoxy) is 1. The van der Waals surface area contributed by atoms with Crippen LogP contribution in [0, 0.1) is 0 Å². The Balaban J connectivity index is 2.07. The Kier molecular flexibility index (Phi) is 10.2. The number of benzene rings is 3. The number of halogens is 1. The Morgan fingerprint density at radius 2 is 1.55 bits per heavy atom. The topological polar surface area (TPSA) is 96.0 Å². The molecule has 0 aromatic heterocycles. The van der Waals surface area contributed by atoms with E-state index in [1.807, 2.05) is 27.7 Å². The van der Waals surface area contributed by atoms with Crippen molar-refractivity contribution in [2.24, 2.45) is 0 Å². The van der Waals surface area contributed by atoms with E-state index in [1.165, 1.54) is 17.0 Å². The van der Waals surface area contributed by atoms with Gasteiger partial charge in [0.15, 0.2) is 0 Å². The van der Waals surface area contributed by atoms with Gasteiger partial charge in [0.05, 0.1) is 22.7 Å². The number of para-hydroxylation sites is 1. The number of nitrogens with zero attached hydrogens (tertiary/aromatic N) is 2. The van der Waals surface area contributed by atoms with Crippen LogP contribution in [0.4, 0.5) is 5.69 Å². The number of hydrogen-bond donors (Lipinski definition) is 1. The number of rotatable bonds is 11. The molecule has 3 aromatic carbocycles. The zero-order valence-corrected chi connectivity index (χ0v) is 25.0. The molecule has 0 spiro atoms. The van der Waals surface area contributed by atoms with Crippen molar-refractivity contribution in [3.63, 3.8) is 0 Å². The highest BCUT2D eigenvalue weighted by atomic mass is 35.5. The first-order valence-electron chi connectivity index (χ1n) is 12.9. The summed E-state index contributed by atoms with van der Waals surface area (Å²) in [4.78, 5) is 28.9. The number of nitrogens with one attached hydrogen (secondary N) is 1. The Morgan fingerprint density at radius 3 is 2.10 bits per heavy atom. The fraction of sp³-hybridized carbons (Fsp3) is 0.333. The van der Waals surface area contributed by atoms with Gasteiger partial charge in [-0.1, -0.05) is 61.0 Å². The van der Waals surface area contributed by atoms with Gasteiger partial charge >= 0.3 is 0 Å². The van der Waals surface area contributed by atoms with E-state index < -0.39 is 34.1 Å². The van der Waals surface area contributed by atoms with Gasteiger partial charge < -0.3 is 15.0 Å². The van der Waals surface area contributed by atoms with Crippen LogP contribution in [0.5, 0.6) is 5.75 Å². The first-order chi connectivity index (χ1) is 18.9. The molecule has 8 nitrogen and oxygen atoms in total. The van der Waals surface area contributed by atoms with Gasteiger partial charge in [-0.3, -0.25) is 13.9 Å². The summed E-state index contributed by atoms with van der Waals surface area (Å²) in [6, 6.07) is 20.6. The number of sulfonamides is 1. The lowest BCUT2D eigenvalue weighted by Crippen LogP contribution is -2.55. The maximum Gasteiger partial charge on any atom is 0.264 e. The van der Waals surface area contributed by atoms with Crippen LogP contribution in [0.15, 0.2) is 83.8 Å². The molecule has 10 heteroatoms. The van der Waals surface area contributed by atoms with Gasteiger partial charge in [0.25, 0.3) is 10.0 Å². The van der Waals surface area contributed by atoms with E-state index in [9.17, 15) is 18.0 Å². The van der Waals surface area contributed by atoms with Crippen molar-refractivity contribution in [3.05, 3.63) is 89.4 Å². The molecule has 2 amide bonds. The lowest BCUT2D eigenvalue weighted by Gasteiger charge is -2.35. The third-order valence-electron chi connectivity index (χ3n) is 6.13. The van der Waals surface area contributed by atoms with Gasteiger partial charge in [-0.2, -0.15) is 0 Å². The molecule has 1 N–H and O–H groups in total. The van der Waals surface area contributed by atoms with Gasteiger partial charge in [0, 0.05) is 12.1 Å². The number of anilines is 1. The summed E-state index contributed by atoms with van der Waals surface area (Å²) in [6.45, 7) is 6.92. The molecular formula is C30H36ClN3O5S. The first-order valence-corrected chi connectivity index (χ1v) is 14.8. The average molecular weight is 586 g/mol. The molecule has 0 aliphatic rings. The van der Waals surface area contributed by atoms with Crippen LogP contribution in [-0.2, 0) is 26.2 Å². The zero-order valence-electron chi connectivity index (χ0n) is 23.4. The van der Waals surface area contributed by atoms with Crippen LogP contribution >= 0.6 is 11.6 Å². The second-order valence-electron chi connectivity index (χ2n) is 10.3. The Hall–Kier alpha value is -3.56. The van der Waals surface area contributed by atoms with Crippen molar-refractivity contribution in [2.45, 2.75) is 57.1 Å². The van der Waals surface area contributed by atoms with Crippen molar-refractivity contribution in [3.8, 4) is 5.75 Å². The standard InChI is InChI=1S/C30H36ClN3O5S/c1-6-26(29(36)32-30(2,3)4)33(20-22-16-18-23(39-5)19-17-22)28(35)21-34(27-15-11-10-14-25(27)31)40(37,38)24-12-8-7-9-13-24/h7-19,26H,6,20-21H2,1-5H3,(H,32,36)/t26-/m1/s1. The summed E-state index contributed by atoms with van der Waals surface area (Å²) in [6.07, 6.45) is 0.321. The second-order valence-corrected chi connectivity index (χ2v) is 12.6. The molecule has 40 heavy (non-hydrogen) atoms. The lowest BCUT2D eigenvalue weighted by molar-refractivity contribution is -0.141. The van der Waals surface area contributed by atoms with Crippen molar-refractivity contribution in [2.75, 3.05) is 18.0 Å². The van der Waals surface area contributed by atoms with Gasteiger partial charge in [-0.25, -0.2) is 8.42 Å². The molecular weight excluding hydrogens is 550 g/mol. The van der Waals surface area contributed by atoms with Gasteiger partial charge in [0.2, 0.25) is 11.8 Å². The van der Waals surface area contributed by atoms with E-state index in [0.29, 0.717) is 12.2 Å². The number of carbonyl (C=O) groups is 2. The summed E-state index contributed by atoms with van der Waals surface area (Å²) in [7, 11) is -2.62. The maximum atomic E-state index is 14.1. The number of methoxy groups -OCH3 is 1. The van der Waals surface area contributed by atoms with E-state index in [0.717, 1.165) is 9.87 Å². The van der Waals surface area contributed by atoms with E-state index >= 15 is 0 Å². The predicted octanol–water partition coefficient (Wildman–Crippen LogP) is 5.27. The molecule has 0 fully saturated rings. The summed E-state index contributed by atoms with van der Waals surface area (Å²) in [5.41, 5.74) is 0.392. The fourth-order valence-corrected chi connectivity index (χ4v) is 5.93. The highest BCUT2D eigenvalue weighted by molar-refractivity contribution is 7.92. The number of amides is 2. The van der Waals surface area contributed by atoms with Gasteiger partial charge in [-0.15, -0.1) is 0 Å². The van der Waals surface area contributed by atoms with Gasteiger partial charge in [-0.05, 0) is 69.2 Å². The van der Waals surface area contributed by atoms with Crippen molar-refractivity contribution in [1.82, 2.24) is 10.2 Å².